The minimum absolute atomic E-state index is 0.154. The van der Waals surface area contributed by atoms with E-state index in [-0.39, 0.29) is 5.91 Å². The van der Waals surface area contributed by atoms with Crippen LogP contribution in [0.1, 0.15) is 26.2 Å². The molecule has 0 spiro atoms. The summed E-state index contributed by atoms with van der Waals surface area (Å²) in [5.41, 5.74) is 0. The Labute approximate surface area is 67.9 Å². The van der Waals surface area contributed by atoms with Gasteiger partial charge in [-0.05, 0) is 19.3 Å². The predicted molar refractivity (Wildman–Crippen MR) is 45.2 cm³/mol. The third kappa shape index (κ3) is 2.07. The number of likely N-dealkylation sites (N-methyl/N-ethyl adjacent to an activating group) is 1. The van der Waals surface area contributed by atoms with Crippen LogP contribution >= 0.6 is 0 Å². The summed E-state index contributed by atoms with van der Waals surface area (Å²) < 4.78 is 0. The Hall–Kier alpha value is -0.790. The number of carbonyl (C=O) groups is 1. The lowest BCUT2D eigenvalue weighted by atomic mass is 10.0. The van der Waals surface area contributed by atoms with Crippen LogP contribution in [-0.2, 0) is 4.79 Å². The Balaban J connectivity index is 2.52. The van der Waals surface area contributed by atoms with Crippen molar-refractivity contribution in [3.63, 3.8) is 0 Å². The van der Waals surface area contributed by atoms with E-state index in [1.165, 1.54) is 12.8 Å². The van der Waals surface area contributed by atoms with Crippen LogP contribution in [0.15, 0.2) is 12.2 Å². The first-order chi connectivity index (χ1) is 5.22. The Morgan fingerprint density at radius 3 is 2.82 bits per heavy atom. The van der Waals surface area contributed by atoms with Crippen LogP contribution in [0.4, 0.5) is 0 Å². The summed E-state index contributed by atoms with van der Waals surface area (Å²) in [6.07, 6.45) is 7.78. The number of rotatable bonds is 1. The molecule has 1 aliphatic rings. The van der Waals surface area contributed by atoms with Crippen molar-refractivity contribution in [2.75, 3.05) is 7.05 Å². The van der Waals surface area contributed by atoms with Gasteiger partial charge in [-0.1, -0.05) is 12.2 Å². The zero-order chi connectivity index (χ0) is 8.27. The lowest BCUT2D eigenvalue weighted by molar-refractivity contribution is -0.128. The molecule has 0 aromatic heterocycles. The molecule has 0 saturated heterocycles. The molecule has 1 rings (SSSR count). The zero-order valence-corrected chi connectivity index (χ0v) is 7.21. The normalized spacial score (nSPS) is 23.3. The van der Waals surface area contributed by atoms with E-state index in [0.29, 0.717) is 6.04 Å². The van der Waals surface area contributed by atoms with Crippen LogP contribution in [0.25, 0.3) is 0 Å². The molecule has 1 amide bonds. The summed E-state index contributed by atoms with van der Waals surface area (Å²) in [6.45, 7) is 1.61. The number of nitrogens with zero attached hydrogens (tertiary/aromatic N) is 1. The second kappa shape index (κ2) is 3.56. The summed E-state index contributed by atoms with van der Waals surface area (Å²) in [5, 5.41) is 0. The van der Waals surface area contributed by atoms with E-state index < -0.39 is 0 Å². The smallest absolute Gasteiger partial charge is 0.219 e. The molecule has 0 saturated carbocycles. The molecule has 0 aromatic rings. The van der Waals surface area contributed by atoms with Gasteiger partial charge < -0.3 is 4.90 Å². The highest BCUT2D eigenvalue weighted by Crippen LogP contribution is 2.14. The van der Waals surface area contributed by atoms with Crippen LogP contribution in [0.5, 0.6) is 0 Å². The van der Waals surface area contributed by atoms with Crippen molar-refractivity contribution in [1.82, 2.24) is 4.90 Å². The summed E-state index contributed by atoms with van der Waals surface area (Å²) in [5.74, 6) is 0.154. The minimum Gasteiger partial charge on any atom is -0.340 e. The predicted octanol–water partition coefficient (Wildman–Crippen LogP) is 1.57. The third-order valence-corrected chi connectivity index (χ3v) is 2.22. The quantitative estimate of drug-likeness (QED) is 0.524. The molecule has 1 unspecified atom stereocenters. The Kier molecular flexibility index (Phi) is 2.69. The fourth-order valence-electron chi connectivity index (χ4n) is 1.35. The van der Waals surface area contributed by atoms with E-state index in [1.807, 2.05) is 7.05 Å². The molecule has 0 fully saturated rings. The average Bonchev–Trinajstić information content (AvgIpc) is 2.05. The summed E-state index contributed by atoms with van der Waals surface area (Å²) in [7, 11) is 1.86. The van der Waals surface area contributed by atoms with Gasteiger partial charge in [0.15, 0.2) is 0 Å². The maximum atomic E-state index is 10.9. The first-order valence-corrected chi connectivity index (χ1v) is 4.12. The standard InChI is InChI=1S/C9H15NO/c1-8(11)10(2)9-6-4-3-5-7-9/h4,6,9H,3,5,7H2,1-2H3. The van der Waals surface area contributed by atoms with Gasteiger partial charge in [0.1, 0.15) is 0 Å². The SMILES string of the molecule is CC(=O)N(C)C1C=CCCC1. The van der Waals surface area contributed by atoms with Gasteiger partial charge in [0.05, 0.1) is 0 Å². The monoisotopic (exact) mass is 153 g/mol. The van der Waals surface area contributed by atoms with Gasteiger partial charge in [0, 0.05) is 20.0 Å². The van der Waals surface area contributed by atoms with E-state index in [0.717, 1.165) is 6.42 Å². The van der Waals surface area contributed by atoms with Gasteiger partial charge in [-0.25, -0.2) is 0 Å². The van der Waals surface area contributed by atoms with Gasteiger partial charge in [0.25, 0.3) is 0 Å². The number of hydrogen-bond acceptors (Lipinski definition) is 1. The average molecular weight is 153 g/mol. The number of allylic oxidation sites excluding steroid dienone is 1. The molecule has 0 radical (unpaired) electrons. The Morgan fingerprint density at radius 1 is 1.64 bits per heavy atom. The van der Waals surface area contributed by atoms with Crippen molar-refractivity contribution < 1.29 is 4.79 Å². The lowest BCUT2D eigenvalue weighted by Gasteiger charge is -2.26. The molecular formula is C9H15NO. The van der Waals surface area contributed by atoms with Crippen LogP contribution in [0.3, 0.4) is 0 Å². The first kappa shape index (κ1) is 8.31. The van der Waals surface area contributed by atoms with Crippen LogP contribution in [0.2, 0.25) is 0 Å². The maximum absolute atomic E-state index is 10.9. The maximum Gasteiger partial charge on any atom is 0.219 e. The highest BCUT2D eigenvalue weighted by atomic mass is 16.2. The molecule has 0 heterocycles. The van der Waals surface area contributed by atoms with E-state index in [2.05, 4.69) is 12.2 Å². The molecule has 1 aliphatic carbocycles. The summed E-state index contributed by atoms with van der Waals surface area (Å²) in [4.78, 5) is 12.7. The molecule has 2 heteroatoms. The summed E-state index contributed by atoms with van der Waals surface area (Å²) >= 11 is 0. The molecule has 0 bridgehead atoms. The fourth-order valence-corrected chi connectivity index (χ4v) is 1.35. The van der Waals surface area contributed by atoms with Crippen molar-refractivity contribution in [2.24, 2.45) is 0 Å². The van der Waals surface area contributed by atoms with Crippen molar-refractivity contribution in [1.29, 1.82) is 0 Å². The van der Waals surface area contributed by atoms with Crippen LogP contribution < -0.4 is 0 Å². The highest BCUT2D eigenvalue weighted by Gasteiger charge is 2.14. The fraction of sp³-hybridized carbons (Fsp3) is 0.667. The molecular weight excluding hydrogens is 138 g/mol. The van der Waals surface area contributed by atoms with E-state index in [4.69, 9.17) is 0 Å². The van der Waals surface area contributed by atoms with Gasteiger partial charge in [-0.3, -0.25) is 4.79 Å². The van der Waals surface area contributed by atoms with Crippen molar-refractivity contribution >= 4 is 5.91 Å². The van der Waals surface area contributed by atoms with Gasteiger partial charge in [-0.2, -0.15) is 0 Å². The van der Waals surface area contributed by atoms with Gasteiger partial charge in [0.2, 0.25) is 5.91 Å². The molecule has 0 N–H and O–H groups in total. The summed E-state index contributed by atoms with van der Waals surface area (Å²) in [6, 6.07) is 0.348. The first-order valence-electron chi connectivity index (χ1n) is 4.12. The zero-order valence-electron chi connectivity index (χ0n) is 7.21. The second-order valence-corrected chi connectivity index (χ2v) is 3.06. The number of amides is 1. The Bertz CT molecular complexity index is 174. The third-order valence-electron chi connectivity index (χ3n) is 2.22. The molecule has 11 heavy (non-hydrogen) atoms. The topological polar surface area (TPSA) is 20.3 Å². The van der Waals surface area contributed by atoms with E-state index in [1.54, 1.807) is 11.8 Å². The second-order valence-electron chi connectivity index (χ2n) is 3.06. The van der Waals surface area contributed by atoms with Crippen LogP contribution in [-0.4, -0.2) is 23.9 Å². The minimum atomic E-state index is 0.154. The van der Waals surface area contributed by atoms with Gasteiger partial charge in [-0.15, -0.1) is 0 Å². The number of carbonyl (C=O) groups excluding carboxylic acids is 1. The molecule has 2 nitrogen and oxygen atoms in total. The van der Waals surface area contributed by atoms with Crippen molar-refractivity contribution in [2.45, 2.75) is 32.2 Å². The molecule has 1 atom stereocenters. The largest absolute Gasteiger partial charge is 0.340 e. The highest BCUT2D eigenvalue weighted by molar-refractivity contribution is 5.73. The van der Waals surface area contributed by atoms with E-state index in [9.17, 15) is 4.79 Å². The molecule has 62 valence electrons. The number of hydrogen-bond donors (Lipinski definition) is 0. The van der Waals surface area contributed by atoms with Crippen molar-refractivity contribution in [3.05, 3.63) is 12.2 Å². The molecule has 0 aromatic carbocycles. The Morgan fingerprint density at radius 2 is 2.36 bits per heavy atom. The van der Waals surface area contributed by atoms with Gasteiger partial charge >= 0.3 is 0 Å². The van der Waals surface area contributed by atoms with Crippen molar-refractivity contribution in [3.8, 4) is 0 Å². The van der Waals surface area contributed by atoms with E-state index >= 15 is 0 Å². The molecule has 0 aliphatic heterocycles. The van der Waals surface area contributed by atoms with Crippen LogP contribution in [0, 0.1) is 0 Å². The lowest BCUT2D eigenvalue weighted by Crippen LogP contribution is -2.34.